The van der Waals surface area contributed by atoms with Gasteiger partial charge in [0, 0.05) is 12.4 Å². The number of hydrogen-bond acceptors (Lipinski definition) is 4. The average Bonchev–Trinajstić information content (AvgIpc) is 2.86. The molecule has 100 valence electrons. The van der Waals surface area contributed by atoms with Crippen molar-refractivity contribution in [3.8, 4) is 0 Å². The van der Waals surface area contributed by atoms with Crippen molar-refractivity contribution < 1.29 is 4.74 Å². The molecule has 0 saturated heterocycles. The van der Waals surface area contributed by atoms with Crippen molar-refractivity contribution in [3.05, 3.63) is 20.6 Å². The van der Waals surface area contributed by atoms with Gasteiger partial charge in [-0.1, -0.05) is 25.1 Å². The van der Waals surface area contributed by atoms with E-state index in [-0.39, 0.29) is 0 Å². The van der Waals surface area contributed by atoms with Crippen LogP contribution >= 0.6 is 39.9 Å². The molecule has 3 nitrogen and oxygen atoms in total. The Morgan fingerprint density at radius 1 is 1.50 bits per heavy atom. The van der Waals surface area contributed by atoms with Crippen molar-refractivity contribution in [3.63, 3.8) is 0 Å². The van der Waals surface area contributed by atoms with E-state index in [1.54, 1.807) is 7.11 Å². The van der Waals surface area contributed by atoms with Crippen molar-refractivity contribution in [2.24, 2.45) is 0 Å². The first-order chi connectivity index (χ1) is 8.70. The first kappa shape index (κ1) is 14.5. The first-order valence-electron chi connectivity index (χ1n) is 6.09. The standard InChI is InChI=1S/C12H17BrN2OS2/c1-16-6-9-11(13)12(17)15-10(14-9)7-18-8-4-2-3-5-8/h8H,2-7H2,1H3,(H,14,15,17). The van der Waals surface area contributed by atoms with E-state index in [0.29, 0.717) is 11.2 Å². The molecule has 1 aliphatic carbocycles. The van der Waals surface area contributed by atoms with Crippen molar-refractivity contribution in [2.45, 2.75) is 43.3 Å². The number of aromatic nitrogens is 2. The molecule has 0 amide bonds. The van der Waals surface area contributed by atoms with E-state index >= 15 is 0 Å². The summed E-state index contributed by atoms with van der Waals surface area (Å²) >= 11 is 10.7. The Bertz CT molecular complexity index is 458. The van der Waals surface area contributed by atoms with E-state index in [2.05, 4.69) is 25.9 Å². The van der Waals surface area contributed by atoms with Crippen LogP contribution in [-0.2, 0) is 17.1 Å². The third-order valence-corrected chi connectivity index (χ3v) is 5.83. The lowest BCUT2D eigenvalue weighted by molar-refractivity contribution is 0.180. The minimum absolute atomic E-state index is 0.522. The monoisotopic (exact) mass is 348 g/mol. The lowest BCUT2D eigenvalue weighted by Crippen LogP contribution is -2.03. The summed E-state index contributed by atoms with van der Waals surface area (Å²) in [5.74, 6) is 1.85. The summed E-state index contributed by atoms with van der Waals surface area (Å²) in [5.41, 5.74) is 0.972. The Labute approximate surface area is 125 Å². The van der Waals surface area contributed by atoms with Gasteiger partial charge in [0.25, 0.3) is 0 Å². The van der Waals surface area contributed by atoms with Gasteiger partial charge in [0.15, 0.2) is 0 Å². The van der Waals surface area contributed by atoms with Crippen LogP contribution in [0.5, 0.6) is 0 Å². The van der Waals surface area contributed by atoms with Crippen LogP contribution in [-0.4, -0.2) is 22.3 Å². The molecule has 18 heavy (non-hydrogen) atoms. The fraction of sp³-hybridized carbons (Fsp3) is 0.667. The van der Waals surface area contributed by atoms with Gasteiger partial charge in [-0.05, 0) is 28.8 Å². The molecule has 2 rings (SSSR count). The van der Waals surface area contributed by atoms with E-state index in [4.69, 9.17) is 17.0 Å². The summed E-state index contributed by atoms with van der Waals surface area (Å²) in [4.78, 5) is 7.72. The topological polar surface area (TPSA) is 37.9 Å². The molecule has 0 spiro atoms. The Balaban J connectivity index is 2.05. The maximum Gasteiger partial charge on any atom is 0.144 e. The smallest absolute Gasteiger partial charge is 0.144 e. The normalized spacial score (nSPS) is 16.3. The van der Waals surface area contributed by atoms with Gasteiger partial charge in [-0.3, -0.25) is 0 Å². The molecule has 6 heteroatoms. The number of thioether (sulfide) groups is 1. The van der Waals surface area contributed by atoms with E-state index in [0.717, 1.165) is 27.0 Å². The molecule has 1 N–H and O–H groups in total. The summed E-state index contributed by atoms with van der Waals surface area (Å²) in [5, 5.41) is 0.795. The number of aromatic amines is 1. The quantitative estimate of drug-likeness (QED) is 0.808. The Morgan fingerprint density at radius 2 is 2.22 bits per heavy atom. The number of hydrogen-bond donors (Lipinski definition) is 1. The summed E-state index contributed by atoms with van der Waals surface area (Å²) in [6, 6.07) is 0. The molecule has 1 saturated carbocycles. The van der Waals surface area contributed by atoms with Crippen molar-refractivity contribution >= 4 is 39.9 Å². The molecule has 0 atom stereocenters. The lowest BCUT2D eigenvalue weighted by Gasteiger charge is -2.10. The fourth-order valence-electron chi connectivity index (χ4n) is 2.12. The molecule has 0 unspecified atom stereocenters. The highest BCUT2D eigenvalue weighted by atomic mass is 79.9. The highest BCUT2D eigenvalue weighted by Gasteiger charge is 2.16. The van der Waals surface area contributed by atoms with Gasteiger partial charge in [-0.25, -0.2) is 4.98 Å². The average molecular weight is 349 g/mol. The summed E-state index contributed by atoms with van der Waals surface area (Å²) in [7, 11) is 1.68. The molecule has 1 heterocycles. The van der Waals surface area contributed by atoms with E-state index in [9.17, 15) is 0 Å². The number of nitrogens with one attached hydrogen (secondary N) is 1. The van der Waals surface area contributed by atoms with Crippen molar-refractivity contribution in [2.75, 3.05) is 7.11 Å². The zero-order valence-electron chi connectivity index (χ0n) is 10.4. The van der Waals surface area contributed by atoms with Gasteiger partial charge in [0.2, 0.25) is 0 Å². The minimum Gasteiger partial charge on any atom is -0.378 e. The molecular weight excluding hydrogens is 332 g/mol. The van der Waals surface area contributed by atoms with Crippen LogP contribution in [0.1, 0.15) is 37.2 Å². The number of rotatable bonds is 5. The highest BCUT2D eigenvalue weighted by molar-refractivity contribution is 9.10. The zero-order chi connectivity index (χ0) is 13.0. The van der Waals surface area contributed by atoms with Gasteiger partial charge in [0.1, 0.15) is 10.5 Å². The van der Waals surface area contributed by atoms with Crippen LogP contribution in [0, 0.1) is 4.64 Å². The second-order valence-corrected chi connectivity index (χ2v) is 6.90. The van der Waals surface area contributed by atoms with E-state index in [1.807, 2.05) is 11.8 Å². The summed E-state index contributed by atoms with van der Waals surface area (Å²) in [6.07, 6.45) is 5.42. The number of methoxy groups -OCH3 is 1. The predicted octanol–water partition coefficient (Wildman–Crippen LogP) is 4.22. The lowest BCUT2D eigenvalue weighted by atomic mass is 10.4. The first-order valence-corrected chi connectivity index (χ1v) is 8.34. The Kier molecular flexibility index (Phi) is 5.66. The van der Waals surface area contributed by atoms with Gasteiger partial charge in [-0.15, -0.1) is 0 Å². The van der Waals surface area contributed by atoms with Gasteiger partial charge < -0.3 is 9.72 Å². The van der Waals surface area contributed by atoms with Crippen LogP contribution in [0.25, 0.3) is 0 Å². The van der Waals surface area contributed by atoms with Gasteiger partial charge >= 0.3 is 0 Å². The van der Waals surface area contributed by atoms with Gasteiger partial charge in [0.05, 0.1) is 22.5 Å². The second kappa shape index (κ2) is 7.03. The molecule has 1 aliphatic rings. The van der Waals surface area contributed by atoms with E-state index < -0.39 is 0 Å². The second-order valence-electron chi connectivity index (χ2n) is 4.43. The SMILES string of the molecule is COCc1[nH]c(CSC2CCCC2)nc(=S)c1Br. The van der Waals surface area contributed by atoms with Crippen LogP contribution < -0.4 is 0 Å². The number of halogens is 1. The zero-order valence-corrected chi connectivity index (χ0v) is 13.6. The number of H-pyrrole nitrogens is 1. The molecule has 0 aliphatic heterocycles. The Hall–Kier alpha value is 0.0900. The maximum atomic E-state index is 5.25. The van der Waals surface area contributed by atoms with E-state index in [1.165, 1.54) is 25.7 Å². The fourth-order valence-corrected chi connectivity index (χ4v) is 3.85. The Morgan fingerprint density at radius 3 is 2.89 bits per heavy atom. The molecule has 0 radical (unpaired) electrons. The minimum atomic E-state index is 0.522. The maximum absolute atomic E-state index is 5.25. The summed E-state index contributed by atoms with van der Waals surface area (Å²) in [6.45, 7) is 0.522. The summed E-state index contributed by atoms with van der Waals surface area (Å²) < 4.78 is 6.61. The van der Waals surface area contributed by atoms with Crippen LogP contribution in [0.4, 0.5) is 0 Å². The highest BCUT2D eigenvalue weighted by Crippen LogP contribution is 2.31. The van der Waals surface area contributed by atoms with Crippen LogP contribution in [0.2, 0.25) is 0 Å². The van der Waals surface area contributed by atoms with Crippen molar-refractivity contribution in [1.29, 1.82) is 0 Å². The number of nitrogens with zero attached hydrogens (tertiary/aromatic N) is 1. The molecule has 1 aromatic rings. The molecule has 1 fully saturated rings. The third-order valence-electron chi connectivity index (χ3n) is 3.03. The third kappa shape index (κ3) is 3.79. The largest absolute Gasteiger partial charge is 0.378 e. The molecule has 1 aromatic heterocycles. The molecular formula is C12H17BrN2OS2. The van der Waals surface area contributed by atoms with Crippen LogP contribution in [0.3, 0.4) is 0 Å². The van der Waals surface area contributed by atoms with Gasteiger partial charge in [-0.2, -0.15) is 11.8 Å². The van der Waals surface area contributed by atoms with Crippen molar-refractivity contribution in [1.82, 2.24) is 9.97 Å². The molecule has 0 bridgehead atoms. The number of ether oxygens (including phenoxy) is 1. The predicted molar refractivity (Wildman–Crippen MR) is 81.4 cm³/mol. The van der Waals surface area contributed by atoms with Crippen LogP contribution in [0.15, 0.2) is 4.47 Å². The molecule has 0 aromatic carbocycles.